The van der Waals surface area contributed by atoms with Gasteiger partial charge in [0.1, 0.15) is 0 Å². The average molecular weight is 297 g/mol. The van der Waals surface area contributed by atoms with E-state index in [0.717, 1.165) is 10.8 Å². The summed E-state index contributed by atoms with van der Waals surface area (Å²) in [5.41, 5.74) is 1.21. The predicted octanol–water partition coefficient (Wildman–Crippen LogP) is 4.30. The standard InChI is InChI=1S/C19H23NO2/c1-12(2)20(13(3)4)19(22)17-11-7-9-15-8-6-10-16(14(5)21)18(15)17/h6-13H,1-5H3. The van der Waals surface area contributed by atoms with Crippen LogP contribution in [0, 0.1) is 0 Å². The van der Waals surface area contributed by atoms with Gasteiger partial charge in [-0.25, -0.2) is 0 Å². The molecule has 2 aromatic rings. The molecule has 0 aliphatic heterocycles. The Labute approximate surface area is 131 Å². The lowest BCUT2D eigenvalue weighted by molar-refractivity contribution is 0.0646. The van der Waals surface area contributed by atoms with Crippen LogP contribution in [0.5, 0.6) is 0 Å². The van der Waals surface area contributed by atoms with Crippen molar-refractivity contribution in [2.45, 2.75) is 46.7 Å². The molecule has 0 atom stereocenters. The van der Waals surface area contributed by atoms with Crippen LogP contribution in [0.15, 0.2) is 36.4 Å². The normalized spacial score (nSPS) is 11.2. The molecule has 0 spiro atoms. The second-order valence-electron chi connectivity index (χ2n) is 6.17. The van der Waals surface area contributed by atoms with Crippen LogP contribution >= 0.6 is 0 Å². The number of ketones is 1. The molecule has 2 aromatic carbocycles. The van der Waals surface area contributed by atoms with Gasteiger partial charge in [0.05, 0.1) is 0 Å². The van der Waals surface area contributed by atoms with E-state index in [9.17, 15) is 9.59 Å². The van der Waals surface area contributed by atoms with Gasteiger partial charge in [-0.05, 0) is 46.1 Å². The minimum atomic E-state index is -0.0238. The Balaban J connectivity index is 2.70. The fraction of sp³-hybridized carbons (Fsp3) is 0.368. The van der Waals surface area contributed by atoms with E-state index in [1.165, 1.54) is 0 Å². The van der Waals surface area contributed by atoms with Crippen LogP contribution in [0.4, 0.5) is 0 Å². The predicted molar refractivity (Wildman–Crippen MR) is 90.4 cm³/mol. The number of fused-ring (bicyclic) bond motifs is 1. The lowest BCUT2D eigenvalue weighted by Crippen LogP contribution is -2.42. The molecule has 3 nitrogen and oxygen atoms in total. The number of hydrogen-bond donors (Lipinski definition) is 0. The summed E-state index contributed by atoms with van der Waals surface area (Å²) < 4.78 is 0. The Morgan fingerprint density at radius 3 is 1.82 bits per heavy atom. The zero-order chi connectivity index (χ0) is 16.4. The highest BCUT2D eigenvalue weighted by atomic mass is 16.2. The van der Waals surface area contributed by atoms with Crippen LogP contribution in [0.3, 0.4) is 0 Å². The van der Waals surface area contributed by atoms with E-state index >= 15 is 0 Å². The molecule has 0 radical (unpaired) electrons. The molecule has 0 aromatic heterocycles. The number of amides is 1. The molecule has 22 heavy (non-hydrogen) atoms. The van der Waals surface area contributed by atoms with Gasteiger partial charge >= 0.3 is 0 Å². The topological polar surface area (TPSA) is 37.4 Å². The highest BCUT2D eigenvalue weighted by Gasteiger charge is 2.24. The molecular weight excluding hydrogens is 274 g/mol. The van der Waals surface area contributed by atoms with Crippen molar-refractivity contribution in [3.63, 3.8) is 0 Å². The van der Waals surface area contributed by atoms with Gasteiger partial charge in [-0.15, -0.1) is 0 Å². The van der Waals surface area contributed by atoms with Crippen LogP contribution in [0.25, 0.3) is 10.8 Å². The number of nitrogens with zero attached hydrogens (tertiary/aromatic N) is 1. The first-order valence-electron chi connectivity index (χ1n) is 7.70. The number of Topliss-reactive ketones (excluding diaryl/α,β-unsaturated/α-hetero) is 1. The van der Waals surface area contributed by atoms with E-state index in [1.807, 2.05) is 62.9 Å². The molecule has 3 heteroatoms. The molecular formula is C19H23NO2. The van der Waals surface area contributed by atoms with E-state index in [1.54, 1.807) is 13.0 Å². The Morgan fingerprint density at radius 2 is 1.36 bits per heavy atom. The average Bonchev–Trinajstić information content (AvgIpc) is 2.44. The molecule has 116 valence electrons. The quantitative estimate of drug-likeness (QED) is 0.789. The fourth-order valence-electron chi connectivity index (χ4n) is 3.02. The SMILES string of the molecule is CC(=O)c1cccc2cccc(C(=O)N(C(C)C)C(C)C)c12. The van der Waals surface area contributed by atoms with Crippen LogP contribution in [-0.2, 0) is 0 Å². The number of hydrogen-bond acceptors (Lipinski definition) is 2. The third-order valence-corrected chi connectivity index (χ3v) is 3.86. The summed E-state index contributed by atoms with van der Waals surface area (Å²) in [7, 11) is 0. The van der Waals surface area contributed by atoms with Crippen molar-refractivity contribution in [3.05, 3.63) is 47.5 Å². The fourth-order valence-corrected chi connectivity index (χ4v) is 3.02. The monoisotopic (exact) mass is 297 g/mol. The second kappa shape index (κ2) is 6.30. The first-order chi connectivity index (χ1) is 10.3. The Bertz CT molecular complexity index is 703. The molecule has 0 N–H and O–H groups in total. The van der Waals surface area contributed by atoms with Crippen LogP contribution in [-0.4, -0.2) is 28.7 Å². The lowest BCUT2D eigenvalue weighted by atomic mass is 9.96. The molecule has 0 bridgehead atoms. The zero-order valence-electron chi connectivity index (χ0n) is 13.9. The molecule has 0 heterocycles. The largest absolute Gasteiger partial charge is 0.334 e. The molecule has 2 rings (SSSR count). The number of rotatable bonds is 4. The summed E-state index contributed by atoms with van der Waals surface area (Å²) in [6.07, 6.45) is 0. The van der Waals surface area contributed by atoms with Crippen molar-refractivity contribution in [1.82, 2.24) is 4.90 Å². The van der Waals surface area contributed by atoms with E-state index in [0.29, 0.717) is 11.1 Å². The van der Waals surface area contributed by atoms with E-state index in [-0.39, 0.29) is 23.8 Å². The maximum atomic E-state index is 13.0. The molecule has 0 aliphatic rings. The molecule has 0 saturated carbocycles. The van der Waals surface area contributed by atoms with E-state index in [4.69, 9.17) is 0 Å². The van der Waals surface area contributed by atoms with Gasteiger partial charge < -0.3 is 4.90 Å². The molecule has 0 aliphatic carbocycles. The first-order valence-corrected chi connectivity index (χ1v) is 7.70. The van der Waals surface area contributed by atoms with Crippen molar-refractivity contribution < 1.29 is 9.59 Å². The summed E-state index contributed by atoms with van der Waals surface area (Å²) in [5, 5.41) is 1.68. The third-order valence-electron chi connectivity index (χ3n) is 3.86. The minimum absolute atomic E-state index is 0.0218. The van der Waals surface area contributed by atoms with E-state index < -0.39 is 0 Å². The first kappa shape index (κ1) is 16.2. The summed E-state index contributed by atoms with van der Waals surface area (Å²) in [5.74, 6) is -0.0456. The van der Waals surface area contributed by atoms with Gasteiger partial charge in [0.25, 0.3) is 5.91 Å². The lowest BCUT2D eigenvalue weighted by Gasteiger charge is -2.31. The highest BCUT2D eigenvalue weighted by molar-refractivity contribution is 6.15. The highest BCUT2D eigenvalue weighted by Crippen LogP contribution is 2.26. The number of carbonyl (C=O) groups is 2. The molecule has 0 unspecified atom stereocenters. The zero-order valence-corrected chi connectivity index (χ0v) is 13.9. The van der Waals surface area contributed by atoms with Crippen molar-refractivity contribution in [2.24, 2.45) is 0 Å². The molecule has 0 fully saturated rings. The van der Waals surface area contributed by atoms with Crippen LogP contribution in [0.2, 0.25) is 0 Å². The van der Waals surface area contributed by atoms with Crippen molar-refractivity contribution >= 4 is 22.5 Å². The van der Waals surface area contributed by atoms with Crippen LogP contribution < -0.4 is 0 Å². The Morgan fingerprint density at radius 1 is 0.864 bits per heavy atom. The molecule has 1 amide bonds. The van der Waals surface area contributed by atoms with Gasteiger partial charge in [0, 0.05) is 28.6 Å². The van der Waals surface area contributed by atoms with Gasteiger partial charge in [-0.2, -0.15) is 0 Å². The summed E-state index contributed by atoms with van der Waals surface area (Å²) in [4.78, 5) is 26.8. The third kappa shape index (κ3) is 2.89. The maximum absolute atomic E-state index is 13.0. The van der Waals surface area contributed by atoms with Crippen LogP contribution in [0.1, 0.15) is 55.3 Å². The van der Waals surface area contributed by atoms with Crippen molar-refractivity contribution in [1.29, 1.82) is 0 Å². The maximum Gasteiger partial charge on any atom is 0.254 e. The number of benzene rings is 2. The molecule has 0 saturated heterocycles. The smallest absolute Gasteiger partial charge is 0.254 e. The summed E-state index contributed by atoms with van der Waals surface area (Å²) in [6, 6.07) is 11.4. The van der Waals surface area contributed by atoms with Gasteiger partial charge in [-0.1, -0.05) is 30.3 Å². The number of carbonyl (C=O) groups excluding carboxylic acids is 2. The summed E-state index contributed by atoms with van der Waals surface area (Å²) in [6.45, 7) is 9.58. The van der Waals surface area contributed by atoms with Crippen molar-refractivity contribution in [2.75, 3.05) is 0 Å². The van der Waals surface area contributed by atoms with Crippen molar-refractivity contribution in [3.8, 4) is 0 Å². The van der Waals surface area contributed by atoms with Gasteiger partial charge in [0.2, 0.25) is 0 Å². The minimum Gasteiger partial charge on any atom is -0.334 e. The van der Waals surface area contributed by atoms with Gasteiger partial charge in [0.15, 0.2) is 5.78 Å². The Kier molecular flexibility index (Phi) is 4.65. The van der Waals surface area contributed by atoms with Gasteiger partial charge in [-0.3, -0.25) is 9.59 Å². The van der Waals surface area contributed by atoms with E-state index in [2.05, 4.69) is 0 Å². The second-order valence-corrected chi connectivity index (χ2v) is 6.17. The Hall–Kier alpha value is -2.16. The summed E-state index contributed by atoms with van der Waals surface area (Å²) >= 11 is 0.